The van der Waals surface area contributed by atoms with Crippen LogP contribution in [0.1, 0.15) is 55.4 Å². The van der Waals surface area contributed by atoms with E-state index >= 15 is 0 Å². The van der Waals surface area contributed by atoms with E-state index in [9.17, 15) is 0 Å². The Balaban J connectivity index is 2.24. The molecule has 24 heavy (non-hydrogen) atoms. The largest absolute Gasteiger partial charge is 0.489 e. The summed E-state index contributed by atoms with van der Waals surface area (Å²) >= 11 is 5.34. The molecule has 0 unspecified atom stereocenters. The van der Waals surface area contributed by atoms with E-state index in [4.69, 9.17) is 17.0 Å². The zero-order valence-corrected chi connectivity index (χ0v) is 16.1. The molecule has 0 spiro atoms. The molecule has 2 aromatic carbocycles. The average molecular weight is 342 g/mol. The maximum Gasteiger partial charge on any atom is 0.122 e. The van der Waals surface area contributed by atoms with E-state index in [1.54, 1.807) is 0 Å². The molecule has 0 amide bonds. The Bertz CT molecular complexity index is 722. The lowest BCUT2D eigenvalue weighted by atomic mass is 10.00. The molecule has 3 heteroatoms. The summed E-state index contributed by atoms with van der Waals surface area (Å²) in [7, 11) is 0. The van der Waals surface area contributed by atoms with E-state index < -0.39 is 0 Å². The van der Waals surface area contributed by atoms with Gasteiger partial charge in [-0.25, -0.2) is 0 Å². The first kappa shape index (κ1) is 18.5. The Morgan fingerprint density at radius 1 is 1.12 bits per heavy atom. The van der Waals surface area contributed by atoms with Gasteiger partial charge < -0.3 is 10.1 Å². The van der Waals surface area contributed by atoms with E-state index in [0.29, 0.717) is 12.5 Å². The monoisotopic (exact) mass is 341 g/mol. The van der Waals surface area contributed by atoms with Crippen LogP contribution in [-0.2, 0) is 6.61 Å². The molecule has 0 fully saturated rings. The third kappa shape index (κ3) is 4.81. The number of benzene rings is 2. The van der Waals surface area contributed by atoms with Gasteiger partial charge in [0.05, 0.1) is 4.99 Å². The SMILES string of the molecule is CCC(=S)Nc1ccc(C(C)C)cc1COc1ccc(C)cc1C. The van der Waals surface area contributed by atoms with Crippen molar-refractivity contribution in [3.8, 4) is 5.75 Å². The van der Waals surface area contributed by atoms with Crippen LogP contribution in [0.2, 0.25) is 0 Å². The molecule has 0 saturated carbocycles. The molecule has 0 bridgehead atoms. The number of ether oxygens (including phenoxy) is 1. The minimum Gasteiger partial charge on any atom is -0.489 e. The van der Waals surface area contributed by atoms with E-state index in [0.717, 1.165) is 34.0 Å². The van der Waals surface area contributed by atoms with Crippen LogP contribution < -0.4 is 10.1 Å². The predicted molar refractivity (Wildman–Crippen MR) is 107 cm³/mol. The topological polar surface area (TPSA) is 21.3 Å². The normalized spacial score (nSPS) is 10.8. The molecule has 0 saturated heterocycles. The number of hydrogen-bond acceptors (Lipinski definition) is 2. The van der Waals surface area contributed by atoms with Crippen LogP contribution in [-0.4, -0.2) is 4.99 Å². The third-order valence-corrected chi connectivity index (χ3v) is 4.50. The number of thiocarbonyl (C=S) groups is 1. The molecule has 1 N–H and O–H groups in total. The van der Waals surface area contributed by atoms with Crippen LogP contribution in [0.25, 0.3) is 0 Å². The zero-order valence-electron chi connectivity index (χ0n) is 15.3. The van der Waals surface area contributed by atoms with E-state index in [1.807, 2.05) is 6.07 Å². The number of aryl methyl sites for hydroxylation is 2. The number of anilines is 1. The predicted octanol–water partition coefficient (Wildman–Crippen LogP) is 6.16. The minimum absolute atomic E-state index is 0.483. The molecule has 0 atom stereocenters. The fourth-order valence-corrected chi connectivity index (χ4v) is 2.68. The first-order chi connectivity index (χ1) is 11.4. The number of rotatable bonds is 6. The maximum absolute atomic E-state index is 6.09. The van der Waals surface area contributed by atoms with Crippen molar-refractivity contribution < 1.29 is 4.74 Å². The Kier molecular flexibility index (Phi) is 6.38. The van der Waals surface area contributed by atoms with Gasteiger partial charge in [-0.15, -0.1) is 0 Å². The summed E-state index contributed by atoms with van der Waals surface area (Å²) in [6.07, 6.45) is 0.832. The summed E-state index contributed by atoms with van der Waals surface area (Å²) in [5.41, 5.74) is 5.89. The molecule has 2 rings (SSSR count). The summed E-state index contributed by atoms with van der Waals surface area (Å²) in [5, 5.41) is 3.34. The highest BCUT2D eigenvalue weighted by Crippen LogP contribution is 2.26. The lowest BCUT2D eigenvalue weighted by Crippen LogP contribution is -2.11. The van der Waals surface area contributed by atoms with Crippen molar-refractivity contribution in [2.24, 2.45) is 0 Å². The van der Waals surface area contributed by atoms with Gasteiger partial charge in [0.15, 0.2) is 0 Å². The average Bonchev–Trinajstić information content (AvgIpc) is 2.54. The molecule has 0 radical (unpaired) electrons. The van der Waals surface area contributed by atoms with Gasteiger partial charge in [0.25, 0.3) is 0 Å². The lowest BCUT2D eigenvalue weighted by molar-refractivity contribution is 0.304. The summed E-state index contributed by atoms with van der Waals surface area (Å²) in [5.74, 6) is 1.41. The van der Waals surface area contributed by atoms with Crippen molar-refractivity contribution in [1.82, 2.24) is 0 Å². The first-order valence-electron chi connectivity index (χ1n) is 8.53. The van der Waals surface area contributed by atoms with E-state index in [-0.39, 0.29) is 0 Å². The molecule has 2 aromatic rings. The second kappa shape index (κ2) is 8.29. The molecule has 128 valence electrons. The molecule has 0 aliphatic rings. The van der Waals surface area contributed by atoms with Gasteiger partial charge in [-0.2, -0.15) is 0 Å². The van der Waals surface area contributed by atoms with Gasteiger partial charge >= 0.3 is 0 Å². The fourth-order valence-electron chi connectivity index (χ4n) is 2.57. The van der Waals surface area contributed by atoms with Crippen molar-refractivity contribution >= 4 is 22.9 Å². The van der Waals surface area contributed by atoms with Gasteiger partial charge in [-0.3, -0.25) is 0 Å². The molecule has 0 aliphatic heterocycles. The standard InChI is InChI=1S/C21H27NOS/c1-6-21(24)22-19-9-8-17(14(2)3)12-18(19)13-23-20-10-7-15(4)11-16(20)5/h7-12,14H,6,13H2,1-5H3,(H,22,24). The maximum atomic E-state index is 6.09. The minimum atomic E-state index is 0.483. The summed E-state index contributed by atoms with van der Waals surface area (Å²) < 4.78 is 6.09. The van der Waals surface area contributed by atoms with Crippen molar-refractivity contribution in [2.75, 3.05) is 5.32 Å². The van der Waals surface area contributed by atoms with Crippen molar-refractivity contribution in [3.05, 3.63) is 58.7 Å². The van der Waals surface area contributed by atoms with E-state index in [2.05, 4.69) is 70.3 Å². The van der Waals surface area contributed by atoms with Crippen LogP contribution in [0.4, 0.5) is 5.69 Å². The third-order valence-electron chi connectivity index (χ3n) is 4.10. The van der Waals surface area contributed by atoms with Crippen molar-refractivity contribution in [1.29, 1.82) is 0 Å². The van der Waals surface area contributed by atoms with Crippen LogP contribution in [0.15, 0.2) is 36.4 Å². The van der Waals surface area contributed by atoms with Gasteiger partial charge in [-0.05, 0) is 49.4 Å². The Morgan fingerprint density at radius 3 is 2.50 bits per heavy atom. The lowest BCUT2D eigenvalue weighted by Gasteiger charge is -2.17. The first-order valence-corrected chi connectivity index (χ1v) is 8.94. The van der Waals surface area contributed by atoms with Gasteiger partial charge in [0.1, 0.15) is 12.4 Å². The summed E-state index contributed by atoms with van der Waals surface area (Å²) in [4.78, 5) is 0.847. The molecular weight excluding hydrogens is 314 g/mol. The van der Waals surface area contributed by atoms with Crippen LogP contribution >= 0.6 is 12.2 Å². The molecule has 2 nitrogen and oxygen atoms in total. The smallest absolute Gasteiger partial charge is 0.122 e. The van der Waals surface area contributed by atoms with E-state index in [1.165, 1.54) is 11.1 Å². The summed E-state index contributed by atoms with van der Waals surface area (Å²) in [6, 6.07) is 12.8. The van der Waals surface area contributed by atoms with Crippen LogP contribution in [0.5, 0.6) is 5.75 Å². The number of hydrogen-bond donors (Lipinski definition) is 1. The van der Waals surface area contributed by atoms with Crippen LogP contribution in [0.3, 0.4) is 0 Å². The highest BCUT2D eigenvalue weighted by atomic mass is 32.1. The fraction of sp³-hybridized carbons (Fsp3) is 0.381. The molecule has 0 heterocycles. The molecule has 0 aromatic heterocycles. The van der Waals surface area contributed by atoms with Crippen molar-refractivity contribution in [2.45, 2.75) is 53.6 Å². The van der Waals surface area contributed by atoms with Crippen LogP contribution in [0, 0.1) is 13.8 Å². The Morgan fingerprint density at radius 2 is 1.88 bits per heavy atom. The second-order valence-corrected chi connectivity index (χ2v) is 7.02. The molecular formula is C21H27NOS. The zero-order chi connectivity index (χ0) is 17.7. The van der Waals surface area contributed by atoms with Gasteiger partial charge in [0.2, 0.25) is 0 Å². The quantitative estimate of drug-likeness (QED) is 0.636. The van der Waals surface area contributed by atoms with Gasteiger partial charge in [-0.1, -0.05) is 62.8 Å². The second-order valence-electron chi connectivity index (χ2n) is 6.53. The van der Waals surface area contributed by atoms with Gasteiger partial charge in [0, 0.05) is 11.3 Å². The highest BCUT2D eigenvalue weighted by Gasteiger charge is 2.09. The highest BCUT2D eigenvalue weighted by molar-refractivity contribution is 7.80. The molecule has 0 aliphatic carbocycles. The summed E-state index contributed by atoms with van der Waals surface area (Å²) in [6.45, 7) is 11.2. The van der Waals surface area contributed by atoms with Crippen molar-refractivity contribution in [3.63, 3.8) is 0 Å². The Labute approximate surface area is 151 Å². The Hall–Kier alpha value is -1.87. The number of nitrogens with one attached hydrogen (secondary N) is 1.